The molecule has 1 aliphatic heterocycles. The van der Waals surface area contributed by atoms with Crippen molar-refractivity contribution in [2.75, 3.05) is 12.0 Å². The van der Waals surface area contributed by atoms with Gasteiger partial charge >= 0.3 is 0 Å². The second-order valence-electron chi connectivity index (χ2n) is 6.16. The highest BCUT2D eigenvalue weighted by atomic mass is 32.1. The number of methoxy groups -OCH3 is 1. The maximum atomic E-state index is 13.6. The van der Waals surface area contributed by atoms with E-state index >= 15 is 0 Å². The summed E-state index contributed by atoms with van der Waals surface area (Å²) in [6, 6.07) is 8.44. The Bertz CT molecular complexity index is 1060. The summed E-state index contributed by atoms with van der Waals surface area (Å²) in [4.78, 5) is 26.4. The van der Waals surface area contributed by atoms with Crippen molar-refractivity contribution in [3.8, 4) is 11.5 Å². The highest BCUT2D eigenvalue weighted by Crippen LogP contribution is 2.33. The highest BCUT2D eigenvalue weighted by Gasteiger charge is 2.34. The number of carbonyl (C=O) groups is 2. The molecule has 1 aliphatic rings. The lowest BCUT2D eigenvalue weighted by atomic mass is 10.0. The molecule has 2 aromatic carbocycles. The van der Waals surface area contributed by atoms with Gasteiger partial charge in [0.1, 0.15) is 11.4 Å². The van der Waals surface area contributed by atoms with Gasteiger partial charge in [0, 0.05) is 5.56 Å². The predicted molar refractivity (Wildman–Crippen MR) is 111 cm³/mol. The van der Waals surface area contributed by atoms with Crippen LogP contribution in [0.25, 0.3) is 6.08 Å². The van der Waals surface area contributed by atoms with Gasteiger partial charge in [-0.1, -0.05) is 12.1 Å². The van der Waals surface area contributed by atoms with Gasteiger partial charge in [-0.2, -0.15) is 0 Å². The average molecular weight is 412 g/mol. The van der Waals surface area contributed by atoms with Crippen LogP contribution in [-0.4, -0.2) is 29.1 Å². The number of anilines is 1. The number of halogens is 1. The number of carbonyl (C=O) groups excluding carboxylic acids is 2. The molecule has 1 saturated heterocycles. The Morgan fingerprint density at radius 2 is 2.07 bits per heavy atom. The van der Waals surface area contributed by atoms with Gasteiger partial charge in [0.25, 0.3) is 11.8 Å². The first kappa shape index (κ1) is 20.2. The van der Waals surface area contributed by atoms with Gasteiger partial charge in [0.2, 0.25) is 0 Å². The van der Waals surface area contributed by atoms with Gasteiger partial charge in [-0.15, -0.1) is 6.58 Å². The summed E-state index contributed by atoms with van der Waals surface area (Å²) in [5.74, 6) is -1.77. The molecule has 0 unspecified atom stereocenters. The molecule has 0 atom stereocenters. The first-order valence-electron chi connectivity index (χ1n) is 8.53. The average Bonchev–Trinajstić information content (AvgIpc) is 2.67. The maximum Gasteiger partial charge on any atom is 0.270 e. The summed E-state index contributed by atoms with van der Waals surface area (Å²) in [5.41, 5.74) is 0.982. The van der Waals surface area contributed by atoms with Crippen molar-refractivity contribution in [1.82, 2.24) is 5.32 Å². The van der Waals surface area contributed by atoms with Gasteiger partial charge in [0.15, 0.2) is 16.6 Å². The van der Waals surface area contributed by atoms with Crippen molar-refractivity contribution in [3.63, 3.8) is 0 Å². The van der Waals surface area contributed by atoms with Gasteiger partial charge in [-0.25, -0.2) is 4.39 Å². The Hall–Kier alpha value is -3.52. The Kier molecular flexibility index (Phi) is 5.74. The molecule has 148 valence electrons. The van der Waals surface area contributed by atoms with E-state index in [-0.39, 0.29) is 27.9 Å². The Morgan fingerprint density at radius 3 is 2.72 bits per heavy atom. The largest absolute Gasteiger partial charge is 0.504 e. The molecule has 0 spiro atoms. The van der Waals surface area contributed by atoms with E-state index in [9.17, 15) is 19.1 Å². The molecule has 0 aromatic heterocycles. The van der Waals surface area contributed by atoms with E-state index in [0.29, 0.717) is 17.5 Å². The molecule has 2 N–H and O–H groups in total. The summed E-state index contributed by atoms with van der Waals surface area (Å²) in [5, 5.41) is 12.5. The Balaban J connectivity index is 2.07. The lowest BCUT2D eigenvalue weighted by molar-refractivity contribution is -0.122. The second-order valence-corrected chi connectivity index (χ2v) is 6.55. The third kappa shape index (κ3) is 4.02. The minimum atomic E-state index is -0.693. The van der Waals surface area contributed by atoms with Crippen LogP contribution in [0.2, 0.25) is 0 Å². The van der Waals surface area contributed by atoms with E-state index < -0.39 is 17.6 Å². The summed E-state index contributed by atoms with van der Waals surface area (Å²) >= 11 is 5.10. The van der Waals surface area contributed by atoms with Gasteiger partial charge in [0.05, 0.1) is 12.8 Å². The summed E-state index contributed by atoms with van der Waals surface area (Å²) < 4.78 is 18.8. The van der Waals surface area contributed by atoms with Crippen LogP contribution < -0.4 is 15.0 Å². The fourth-order valence-corrected chi connectivity index (χ4v) is 3.19. The third-order valence-corrected chi connectivity index (χ3v) is 4.52. The molecule has 2 amide bonds. The third-order valence-electron chi connectivity index (χ3n) is 4.24. The summed E-state index contributed by atoms with van der Waals surface area (Å²) in [7, 11) is 1.40. The molecule has 0 aliphatic carbocycles. The second kappa shape index (κ2) is 8.24. The molecular formula is C21H17FN2O4S. The smallest absolute Gasteiger partial charge is 0.270 e. The Labute approximate surface area is 171 Å². The lowest BCUT2D eigenvalue weighted by Crippen LogP contribution is -2.54. The molecule has 1 heterocycles. The van der Waals surface area contributed by atoms with Crippen molar-refractivity contribution in [1.29, 1.82) is 0 Å². The molecular weight excluding hydrogens is 395 g/mol. The number of aromatic hydroxyl groups is 1. The number of thiocarbonyl (C=S) groups is 1. The fraction of sp³-hybridized carbons (Fsp3) is 0.0952. The van der Waals surface area contributed by atoms with Crippen LogP contribution in [-0.2, 0) is 16.0 Å². The molecule has 0 radical (unpaired) electrons. The molecule has 2 aromatic rings. The predicted octanol–water partition coefficient (Wildman–Crippen LogP) is 3.10. The van der Waals surface area contributed by atoms with Gasteiger partial charge in [-0.05, 0) is 60.6 Å². The van der Waals surface area contributed by atoms with E-state index in [2.05, 4.69) is 11.9 Å². The molecule has 0 saturated carbocycles. The first-order valence-corrected chi connectivity index (χ1v) is 8.94. The van der Waals surface area contributed by atoms with E-state index in [1.807, 2.05) is 0 Å². The van der Waals surface area contributed by atoms with Crippen molar-refractivity contribution in [2.24, 2.45) is 0 Å². The number of nitrogens with zero attached hydrogens (tertiary/aromatic N) is 1. The van der Waals surface area contributed by atoms with E-state index in [1.54, 1.807) is 12.1 Å². The SMILES string of the molecule is C=CCc1cc(/C=C2\C(=O)NC(=S)N(c3cccc(F)c3)C2=O)cc(OC)c1O. The van der Waals surface area contributed by atoms with Crippen LogP contribution in [0.1, 0.15) is 11.1 Å². The highest BCUT2D eigenvalue weighted by molar-refractivity contribution is 7.80. The zero-order valence-electron chi connectivity index (χ0n) is 15.4. The number of phenolic OH excluding ortho intramolecular Hbond substituents is 1. The number of phenols is 1. The van der Waals surface area contributed by atoms with Crippen molar-refractivity contribution < 1.29 is 23.8 Å². The minimum absolute atomic E-state index is 0.0449. The number of nitrogens with one attached hydrogen (secondary N) is 1. The van der Waals surface area contributed by atoms with Crippen molar-refractivity contribution in [2.45, 2.75) is 6.42 Å². The minimum Gasteiger partial charge on any atom is -0.504 e. The number of hydrogen-bond acceptors (Lipinski definition) is 5. The molecule has 6 nitrogen and oxygen atoms in total. The van der Waals surface area contributed by atoms with Crippen molar-refractivity contribution >= 4 is 40.9 Å². The topological polar surface area (TPSA) is 78.9 Å². The monoisotopic (exact) mass is 412 g/mol. The number of amides is 2. The van der Waals surface area contributed by atoms with Crippen LogP contribution in [0, 0.1) is 5.82 Å². The van der Waals surface area contributed by atoms with E-state index in [0.717, 1.165) is 11.0 Å². The zero-order chi connectivity index (χ0) is 21.1. The van der Waals surface area contributed by atoms with Crippen LogP contribution in [0.4, 0.5) is 10.1 Å². The summed E-state index contributed by atoms with van der Waals surface area (Å²) in [6.07, 6.45) is 3.33. The molecule has 1 fully saturated rings. The van der Waals surface area contributed by atoms with Crippen LogP contribution in [0.3, 0.4) is 0 Å². The molecule has 0 bridgehead atoms. The number of rotatable bonds is 5. The quantitative estimate of drug-likeness (QED) is 0.342. The van der Waals surface area contributed by atoms with E-state index in [4.69, 9.17) is 17.0 Å². The first-order chi connectivity index (χ1) is 13.8. The van der Waals surface area contributed by atoms with Crippen LogP contribution >= 0.6 is 12.2 Å². The van der Waals surface area contributed by atoms with Crippen LogP contribution in [0.15, 0.2) is 54.6 Å². The summed E-state index contributed by atoms with van der Waals surface area (Å²) in [6.45, 7) is 3.64. The van der Waals surface area contributed by atoms with Crippen LogP contribution in [0.5, 0.6) is 11.5 Å². The van der Waals surface area contributed by atoms with Gasteiger partial charge in [-0.3, -0.25) is 19.8 Å². The number of benzene rings is 2. The maximum absolute atomic E-state index is 13.6. The van der Waals surface area contributed by atoms with Crippen molar-refractivity contribution in [3.05, 3.63) is 71.6 Å². The number of hydrogen-bond donors (Lipinski definition) is 2. The molecule has 3 rings (SSSR count). The molecule has 29 heavy (non-hydrogen) atoms. The number of ether oxygens (including phenoxy) is 1. The van der Waals surface area contributed by atoms with Gasteiger partial charge < -0.3 is 9.84 Å². The fourth-order valence-electron chi connectivity index (χ4n) is 2.91. The lowest BCUT2D eigenvalue weighted by Gasteiger charge is -2.29. The Morgan fingerprint density at radius 1 is 1.31 bits per heavy atom. The van der Waals surface area contributed by atoms with E-state index in [1.165, 1.54) is 37.5 Å². The zero-order valence-corrected chi connectivity index (χ0v) is 16.3. The molecule has 8 heteroatoms. The number of allylic oxidation sites excluding steroid dienone is 1. The normalized spacial score (nSPS) is 15.4. The standard InChI is InChI=1S/C21H17FN2O4S/c1-3-5-13-8-12(10-17(28-2)18(13)25)9-16-19(26)23-21(29)24(20(16)27)15-7-4-6-14(22)11-15/h3-4,6-11,25H,1,5H2,2H3,(H,23,26,29)/b16-9+.